The zero-order valence-corrected chi connectivity index (χ0v) is 19.3. The van der Waals surface area contributed by atoms with Crippen LogP contribution in [0.4, 0.5) is 23.1 Å². The van der Waals surface area contributed by atoms with Crippen LogP contribution >= 0.6 is 0 Å². The fourth-order valence-electron chi connectivity index (χ4n) is 3.85. The van der Waals surface area contributed by atoms with Crippen LogP contribution in [0.3, 0.4) is 0 Å². The number of amides is 1. The fraction of sp³-hybridized carbons (Fsp3) is 0.200. The summed E-state index contributed by atoms with van der Waals surface area (Å²) in [4.78, 5) is 36.3. The van der Waals surface area contributed by atoms with E-state index in [9.17, 15) is 9.90 Å². The third-order valence-electron chi connectivity index (χ3n) is 5.63. The SMILES string of the molecule is C=CC(=O)Nc1ccnc(-c2nccc3cnc(Nc4ccc(N5CCO[C@H](CO)C5)nc4)nc23)c1. The van der Waals surface area contributed by atoms with E-state index in [-0.39, 0.29) is 18.6 Å². The van der Waals surface area contributed by atoms with Crippen molar-refractivity contribution in [3.05, 3.63) is 67.8 Å². The molecule has 4 aromatic heterocycles. The molecule has 1 fully saturated rings. The van der Waals surface area contributed by atoms with E-state index in [1.165, 1.54) is 6.08 Å². The summed E-state index contributed by atoms with van der Waals surface area (Å²) in [5.41, 5.74) is 3.04. The molecule has 11 nitrogen and oxygen atoms in total. The van der Waals surface area contributed by atoms with Gasteiger partial charge in [-0.2, -0.15) is 0 Å². The Kier molecular flexibility index (Phi) is 6.74. The Hall–Kier alpha value is -4.48. The van der Waals surface area contributed by atoms with Gasteiger partial charge in [-0.05, 0) is 36.4 Å². The first-order valence-corrected chi connectivity index (χ1v) is 11.3. The molecule has 3 N–H and O–H groups in total. The minimum Gasteiger partial charge on any atom is -0.394 e. The predicted molar refractivity (Wildman–Crippen MR) is 136 cm³/mol. The maximum Gasteiger partial charge on any atom is 0.247 e. The molecule has 5 rings (SSSR count). The van der Waals surface area contributed by atoms with E-state index in [0.717, 1.165) is 16.9 Å². The molecular formula is C25H24N8O3. The van der Waals surface area contributed by atoms with Crippen molar-refractivity contribution in [3.63, 3.8) is 0 Å². The first-order valence-electron chi connectivity index (χ1n) is 11.3. The Bertz CT molecular complexity index is 1400. The minimum atomic E-state index is -0.312. The summed E-state index contributed by atoms with van der Waals surface area (Å²) in [6, 6.07) is 9.05. The van der Waals surface area contributed by atoms with Crippen LogP contribution in [0.25, 0.3) is 22.3 Å². The van der Waals surface area contributed by atoms with Gasteiger partial charge in [-0.1, -0.05) is 6.58 Å². The second kappa shape index (κ2) is 10.4. The average molecular weight is 485 g/mol. The first-order chi connectivity index (χ1) is 17.6. The lowest BCUT2D eigenvalue weighted by Crippen LogP contribution is -2.44. The van der Waals surface area contributed by atoms with Crippen LogP contribution in [0, 0.1) is 0 Å². The number of pyridine rings is 3. The van der Waals surface area contributed by atoms with Gasteiger partial charge >= 0.3 is 0 Å². The van der Waals surface area contributed by atoms with E-state index in [4.69, 9.17) is 4.74 Å². The van der Waals surface area contributed by atoms with Gasteiger partial charge in [0.15, 0.2) is 0 Å². The van der Waals surface area contributed by atoms with E-state index >= 15 is 0 Å². The maximum atomic E-state index is 11.7. The van der Waals surface area contributed by atoms with E-state index in [2.05, 4.69) is 47.0 Å². The van der Waals surface area contributed by atoms with E-state index in [0.29, 0.717) is 48.2 Å². The Labute approximate surface area is 206 Å². The summed E-state index contributed by atoms with van der Waals surface area (Å²) in [7, 11) is 0. The number of aliphatic hydroxyl groups is 1. The van der Waals surface area contributed by atoms with Crippen molar-refractivity contribution in [1.29, 1.82) is 0 Å². The third kappa shape index (κ3) is 5.11. The van der Waals surface area contributed by atoms with Gasteiger partial charge in [-0.3, -0.25) is 14.8 Å². The normalized spacial score (nSPS) is 15.5. The van der Waals surface area contributed by atoms with Gasteiger partial charge in [-0.25, -0.2) is 15.0 Å². The summed E-state index contributed by atoms with van der Waals surface area (Å²) in [6.45, 7) is 5.31. The van der Waals surface area contributed by atoms with Crippen molar-refractivity contribution in [2.75, 3.05) is 41.8 Å². The van der Waals surface area contributed by atoms with Crippen LogP contribution < -0.4 is 15.5 Å². The number of hydrogen-bond donors (Lipinski definition) is 3. The van der Waals surface area contributed by atoms with Crippen molar-refractivity contribution in [2.24, 2.45) is 0 Å². The molecule has 0 aliphatic carbocycles. The van der Waals surface area contributed by atoms with Gasteiger partial charge in [-0.15, -0.1) is 0 Å². The largest absolute Gasteiger partial charge is 0.394 e. The molecule has 1 atom stereocenters. The molecule has 1 aliphatic heterocycles. The van der Waals surface area contributed by atoms with Gasteiger partial charge in [0.05, 0.1) is 36.9 Å². The monoisotopic (exact) mass is 484 g/mol. The highest BCUT2D eigenvalue weighted by Gasteiger charge is 2.20. The van der Waals surface area contributed by atoms with Crippen molar-refractivity contribution < 1.29 is 14.6 Å². The second-order valence-electron chi connectivity index (χ2n) is 8.07. The molecule has 11 heteroatoms. The molecule has 0 bridgehead atoms. The van der Waals surface area contributed by atoms with E-state index in [1.54, 1.807) is 36.9 Å². The van der Waals surface area contributed by atoms with Gasteiger partial charge in [0.1, 0.15) is 17.0 Å². The lowest BCUT2D eigenvalue weighted by molar-refractivity contribution is -0.111. The zero-order chi connectivity index (χ0) is 24.9. The van der Waals surface area contributed by atoms with Crippen LogP contribution in [-0.4, -0.2) is 68.3 Å². The average Bonchev–Trinajstić information content (AvgIpc) is 2.93. The number of morpholine rings is 1. The Morgan fingerprint density at radius 2 is 2.03 bits per heavy atom. The number of carbonyl (C=O) groups excluding carboxylic acids is 1. The number of hydrogen-bond acceptors (Lipinski definition) is 10. The summed E-state index contributed by atoms with van der Waals surface area (Å²) >= 11 is 0. The minimum absolute atomic E-state index is 0.0183. The number of carbonyl (C=O) groups is 1. The van der Waals surface area contributed by atoms with Crippen LogP contribution in [0.1, 0.15) is 0 Å². The Morgan fingerprint density at radius 3 is 2.83 bits per heavy atom. The second-order valence-corrected chi connectivity index (χ2v) is 8.07. The number of nitrogens with one attached hydrogen (secondary N) is 2. The fourth-order valence-corrected chi connectivity index (χ4v) is 3.85. The molecule has 5 heterocycles. The Balaban J connectivity index is 1.38. The first kappa shape index (κ1) is 23.3. The lowest BCUT2D eigenvalue weighted by Gasteiger charge is -2.32. The number of rotatable bonds is 7. The molecule has 182 valence electrons. The molecule has 0 unspecified atom stereocenters. The standard InChI is InChI=1S/C25H24N8O3/c1-2-22(35)30-17-6-8-26-20(11-17)24-23-16(5-7-27-24)12-29-25(32-23)31-18-3-4-21(28-13-18)33-9-10-36-19(14-33)15-34/h2-8,11-13,19,34H,1,9-10,14-15H2,(H,26,30,35)(H,29,31,32)/t19-/m0/s1. The van der Waals surface area contributed by atoms with Crippen LogP contribution in [-0.2, 0) is 9.53 Å². The van der Waals surface area contributed by atoms with Crippen molar-refractivity contribution in [3.8, 4) is 11.4 Å². The van der Waals surface area contributed by atoms with Crippen molar-refractivity contribution >= 4 is 40.0 Å². The number of anilines is 4. The highest BCUT2D eigenvalue weighted by molar-refractivity contribution is 5.99. The predicted octanol–water partition coefficient (Wildman–Crippen LogP) is 2.55. The molecule has 0 spiro atoms. The van der Waals surface area contributed by atoms with Crippen molar-refractivity contribution in [1.82, 2.24) is 24.9 Å². The molecule has 1 aliphatic rings. The smallest absolute Gasteiger partial charge is 0.247 e. The summed E-state index contributed by atoms with van der Waals surface area (Å²) < 4.78 is 5.51. The number of ether oxygens (including phenoxy) is 1. The third-order valence-corrected chi connectivity index (χ3v) is 5.63. The summed E-state index contributed by atoms with van der Waals surface area (Å²) in [5.74, 6) is 0.880. The van der Waals surface area contributed by atoms with Gasteiger partial charge in [0, 0.05) is 42.8 Å². The molecule has 36 heavy (non-hydrogen) atoms. The quantitative estimate of drug-likeness (QED) is 0.335. The van der Waals surface area contributed by atoms with Gasteiger partial charge in [0.25, 0.3) is 0 Å². The number of nitrogens with zero attached hydrogens (tertiary/aromatic N) is 6. The highest BCUT2D eigenvalue weighted by Crippen LogP contribution is 2.26. The number of aromatic nitrogens is 5. The van der Waals surface area contributed by atoms with Gasteiger partial charge < -0.3 is 25.4 Å². The van der Waals surface area contributed by atoms with Crippen LogP contribution in [0.2, 0.25) is 0 Å². The van der Waals surface area contributed by atoms with Gasteiger partial charge in [0.2, 0.25) is 11.9 Å². The van der Waals surface area contributed by atoms with Crippen molar-refractivity contribution in [2.45, 2.75) is 6.10 Å². The van der Waals surface area contributed by atoms with E-state index in [1.807, 2.05) is 18.2 Å². The van der Waals surface area contributed by atoms with Crippen LogP contribution in [0.15, 0.2) is 67.8 Å². The summed E-state index contributed by atoms with van der Waals surface area (Å²) in [5, 5.41) is 16.1. The molecule has 4 aromatic rings. The number of aliphatic hydroxyl groups excluding tert-OH is 1. The number of fused-ring (bicyclic) bond motifs is 1. The zero-order valence-electron chi connectivity index (χ0n) is 19.3. The molecular weight excluding hydrogens is 460 g/mol. The molecule has 1 saturated heterocycles. The van der Waals surface area contributed by atoms with Crippen LogP contribution in [0.5, 0.6) is 0 Å². The molecule has 0 radical (unpaired) electrons. The van der Waals surface area contributed by atoms with E-state index < -0.39 is 0 Å². The highest BCUT2D eigenvalue weighted by atomic mass is 16.5. The Morgan fingerprint density at radius 1 is 1.14 bits per heavy atom. The maximum absolute atomic E-state index is 11.7. The molecule has 0 saturated carbocycles. The molecule has 1 amide bonds. The topological polar surface area (TPSA) is 138 Å². The summed E-state index contributed by atoms with van der Waals surface area (Å²) in [6.07, 6.45) is 7.68. The molecule has 0 aromatic carbocycles. The lowest BCUT2D eigenvalue weighted by atomic mass is 10.1.